The predicted molar refractivity (Wildman–Crippen MR) is 222 cm³/mol. The molecular formula is C50H31NO2. The number of rotatable bonds is 5. The lowest BCUT2D eigenvalue weighted by Crippen LogP contribution is -2.11. The van der Waals surface area contributed by atoms with E-state index in [1.54, 1.807) is 0 Å². The Balaban J connectivity index is 1.16. The van der Waals surface area contributed by atoms with Gasteiger partial charge >= 0.3 is 0 Å². The molecule has 11 rings (SSSR count). The Labute approximate surface area is 305 Å². The first-order valence-corrected chi connectivity index (χ1v) is 18.0. The van der Waals surface area contributed by atoms with E-state index in [1.807, 2.05) is 12.1 Å². The van der Waals surface area contributed by atoms with Crippen LogP contribution in [-0.4, -0.2) is 0 Å². The number of anilines is 3. The van der Waals surface area contributed by atoms with Crippen molar-refractivity contribution in [1.29, 1.82) is 0 Å². The van der Waals surface area contributed by atoms with Gasteiger partial charge in [-0.1, -0.05) is 133 Å². The summed E-state index contributed by atoms with van der Waals surface area (Å²) >= 11 is 0. The van der Waals surface area contributed by atoms with Gasteiger partial charge in [0.05, 0.1) is 5.69 Å². The van der Waals surface area contributed by atoms with Gasteiger partial charge in [0, 0.05) is 44.0 Å². The second-order valence-electron chi connectivity index (χ2n) is 13.7. The van der Waals surface area contributed by atoms with E-state index in [0.717, 1.165) is 77.6 Å². The first-order chi connectivity index (χ1) is 26.3. The molecule has 0 atom stereocenters. The number of hydrogen-bond donors (Lipinski definition) is 0. The molecule has 248 valence electrons. The molecule has 0 amide bonds. The van der Waals surface area contributed by atoms with Crippen LogP contribution in [-0.2, 0) is 0 Å². The van der Waals surface area contributed by atoms with E-state index in [0.29, 0.717) is 0 Å². The summed E-state index contributed by atoms with van der Waals surface area (Å²) in [5, 5.41) is 9.23. The van der Waals surface area contributed by atoms with E-state index >= 15 is 0 Å². The second-order valence-corrected chi connectivity index (χ2v) is 13.7. The van der Waals surface area contributed by atoms with E-state index < -0.39 is 0 Å². The summed E-state index contributed by atoms with van der Waals surface area (Å²) in [4.78, 5) is 2.38. The minimum absolute atomic E-state index is 0.868. The van der Waals surface area contributed by atoms with Crippen molar-refractivity contribution in [2.45, 2.75) is 0 Å². The van der Waals surface area contributed by atoms with Gasteiger partial charge in [0.2, 0.25) is 0 Å². The molecule has 0 bridgehead atoms. The molecule has 0 unspecified atom stereocenters. The van der Waals surface area contributed by atoms with E-state index in [2.05, 4.69) is 181 Å². The third-order valence-electron chi connectivity index (χ3n) is 10.6. The lowest BCUT2D eigenvalue weighted by atomic mass is 9.96. The van der Waals surface area contributed by atoms with Gasteiger partial charge in [-0.05, 0) is 87.3 Å². The zero-order valence-electron chi connectivity index (χ0n) is 28.7. The summed E-state index contributed by atoms with van der Waals surface area (Å²) < 4.78 is 13.1. The van der Waals surface area contributed by atoms with Gasteiger partial charge in [-0.15, -0.1) is 0 Å². The molecule has 0 saturated carbocycles. The quantitative estimate of drug-likeness (QED) is 0.182. The SMILES string of the molecule is c1cc(-c2cccc3ccccc23)cc(N(c2ccc3oc4ccccc4c3c2)c2ccccc2-c2cccc3c2oc2cc4ccccc4cc23)c1. The fourth-order valence-electron chi connectivity index (χ4n) is 8.16. The average Bonchev–Trinajstić information content (AvgIpc) is 3.78. The van der Waals surface area contributed by atoms with E-state index in [9.17, 15) is 0 Å². The third-order valence-corrected chi connectivity index (χ3v) is 10.6. The Bertz CT molecular complexity index is 3200. The maximum Gasteiger partial charge on any atom is 0.143 e. The number of hydrogen-bond acceptors (Lipinski definition) is 3. The fraction of sp³-hybridized carbons (Fsp3) is 0. The molecule has 3 heteroatoms. The lowest BCUT2D eigenvalue weighted by Gasteiger charge is -2.28. The molecular weight excluding hydrogens is 647 g/mol. The Kier molecular flexibility index (Phi) is 6.55. The summed E-state index contributed by atoms with van der Waals surface area (Å²) in [5.74, 6) is 0. The predicted octanol–water partition coefficient (Wildman–Crippen LogP) is 14.6. The first-order valence-electron chi connectivity index (χ1n) is 18.0. The van der Waals surface area contributed by atoms with Gasteiger partial charge in [0.1, 0.15) is 22.3 Å². The van der Waals surface area contributed by atoms with Crippen LogP contribution in [0.3, 0.4) is 0 Å². The molecule has 0 aliphatic rings. The second kappa shape index (κ2) is 11.7. The molecule has 0 aliphatic carbocycles. The molecule has 53 heavy (non-hydrogen) atoms. The van der Waals surface area contributed by atoms with Gasteiger partial charge in [-0.25, -0.2) is 0 Å². The standard InChI is InChI=1S/C50H31NO2/c1-2-14-34-30-49-44(29-33(34)13-1)43-23-11-22-42(50(43)53-49)40-19-5-7-24-46(40)51(37-26-27-48-45(31-37)41-20-6-8-25-47(41)52-48)36-17-9-16-35(28-36)39-21-10-15-32-12-3-4-18-38(32)39/h1-31H. The largest absolute Gasteiger partial charge is 0.456 e. The van der Waals surface area contributed by atoms with Gasteiger partial charge in [0.25, 0.3) is 0 Å². The minimum atomic E-state index is 0.868. The normalized spacial score (nSPS) is 11.8. The van der Waals surface area contributed by atoms with Gasteiger partial charge in [0.15, 0.2) is 0 Å². The summed E-state index contributed by atoms with van der Waals surface area (Å²) in [6.07, 6.45) is 0. The Hall–Kier alpha value is -7.10. The fourth-order valence-corrected chi connectivity index (χ4v) is 8.16. The highest BCUT2D eigenvalue weighted by atomic mass is 16.3. The van der Waals surface area contributed by atoms with Crippen LogP contribution in [0.5, 0.6) is 0 Å². The molecule has 9 aromatic carbocycles. The Morgan fingerprint density at radius 3 is 1.87 bits per heavy atom. The van der Waals surface area contributed by atoms with Crippen LogP contribution in [0.1, 0.15) is 0 Å². The summed E-state index contributed by atoms with van der Waals surface area (Å²) in [6, 6.07) is 66.9. The number of furan rings is 2. The van der Waals surface area contributed by atoms with Crippen molar-refractivity contribution in [2.24, 2.45) is 0 Å². The van der Waals surface area contributed by atoms with Crippen molar-refractivity contribution in [1.82, 2.24) is 0 Å². The maximum absolute atomic E-state index is 6.77. The number of benzene rings is 9. The maximum atomic E-state index is 6.77. The van der Waals surface area contributed by atoms with Gasteiger partial charge < -0.3 is 13.7 Å². The van der Waals surface area contributed by atoms with Crippen molar-refractivity contribution in [3.63, 3.8) is 0 Å². The third kappa shape index (κ3) is 4.75. The van der Waals surface area contributed by atoms with Gasteiger partial charge in [-0.3, -0.25) is 0 Å². The number of fused-ring (bicyclic) bond motifs is 8. The molecule has 11 aromatic rings. The summed E-state index contributed by atoms with van der Waals surface area (Å²) in [5.41, 5.74) is 11.1. The lowest BCUT2D eigenvalue weighted by molar-refractivity contribution is 0.669. The van der Waals surface area contributed by atoms with Crippen LogP contribution in [0.2, 0.25) is 0 Å². The van der Waals surface area contributed by atoms with E-state index in [-0.39, 0.29) is 0 Å². The van der Waals surface area contributed by atoms with Crippen LogP contribution in [0.25, 0.3) is 87.7 Å². The summed E-state index contributed by atoms with van der Waals surface area (Å²) in [6.45, 7) is 0. The number of nitrogens with zero attached hydrogens (tertiary/aromatic N) is 1. The highest BCUT2D eigenvalue weighted by Gasteiger charge is 2.22. The molecule has 0 spiro atoms. The smallest absolute Gasteiger partial charge is 0.143 e. The number of para-hydroxylation sites is 3. The zero-order chi connectivity index (χ0) is 34.9. The highest BCUT2D eigenvalue weighted by Crippen LogP contribution is 2.46. The monoisotopic (exact) mass is 677 g/mol. The zero-order valence-corrected chi connectivity index (χ0v) is 28.7. The molecule has 0 N–H and O–H groups in total. The van der Waals surface area contributed by atoms with Gasteiger partial charge in [-0.2, -0.15) is 0 Å². The molecule has 0 fully saturated rings. The average molecular weight is 678 g/mol. The molecule has 2 aromatic heterocycles. The molecule has 0 radical (unpaired) electrons. The Morgan fingerprint density at radius 1 is 0.321 bits per heavy atom. The first kappa shape index (κ1) is 29.6. The van der Waals surface area contributed by atoms with Crippen molar-refractivity contribution in [2.75, 3.05) is 4.90 Å². The molecule has 2 heterocycles. The molecule has 0 aliphatic heterocycles. The van der Waals surface area contributed by atoms with Crippen molar-refractivity contribution in [3.8, 4) is 22.3 Å². The minimum Gasteiger partial charge on any atom is -0.456 e. The van der Waals surface area contributed by atoms with Crippen LogP contribution in [0.15, 0.2) is 197 Å². The molecule has 3 nitrogen and oxygen atoms in total. The van der Waals surface area contributed by atoms with E-state index in [4.69, 9.17) is 8.83 Å². The topological polar surface area (TPSA) is 29.5 Å². The van der Waals surface area contributed by atoms with Crippen LogP contribution < -0.4 is 4.90 Å². The van der Waals surface area contributed by atoms with Crippen LogP contribution in [0, 0.1) is 0 Å². The van der Waals surface area contributed by atoms with Crippen molar-refractivity contribution >= 4 is 82.5 Å². The van der Waals surface area contributed by atoms with Crippen LogP contribution >= 0.6 is 0 Å². The van der Waals surface area contributed by atoms with E-state index in [1.165, 1.54) is 27.1 Å². The van der Waals surface area contributed by atoms with Crippen LogP contribution in [0.4, 0.5) is 17.1 Å². The highest BCUT2D eigenvalue weighted by molar-refractivity contribution is 6.14. The molecule has 0 saturated heterocycles. The Morgan fingerprint density at radius 2 is 0.943 bits per heavy atom. The van der Waals surface area contributed by atoms with Crippen molar-refractivity contribution < 1.29 is 8.83 Å². The van der Waals surface area contributed by atoms with Crippen molar-refractivity contribution in [3.05, 3.63) is 188 Å². The summed E-state index contributed by atoms with van der Waals surface area (Å²) in [7, 11) is 0.